The SMILES string of the molecule is C[C@H](CC1=NS(=O)(=O)[C@@H](Cc2ccc(C3CCN(C)CC3)cc2)C(C)(C)O1)c1ccccc1F. The topological polar surface area (TPSA) is 59.0 Å². The maximum Gasteiger partial charge on any atom is 0.263 e. The van der Waals surface area contributed by atoms with Crippen LogP contribution in [-0.4, -0.2) is 50.2 Å². The summed E-state index contributed by atoms with van der Waals surface area (Å²) in [6.45, 7) is 7.65. The fourth-order valence-electron chi connectivity index (χ4n) is 5.11. The molecule has 0 unspecified atom stereocenters. The van der Waals surface area contributed by atoms with Crippen LogP contribution in [0.1, 0.15) is 68.6 Å². The van der Waals surface area contributed by atoms with Crippen molar-refractivity contribution >= 4 is 15.9 Å². The van der Waals surface area contributed by atoms with Gasteiger partial charge < -0.3 is 9.64 Å². The van der Waals surface area contributed by atoms with Gasteiger partial charge in [0.05, 0.1) is 0 Å². The molecule has 0 aliphatic carbocycles. The summed E-state index contributed by atoms with van der Waals surface area (Å²) >= 11 is 0. The second-order valence-corrected chi connectivity index (χ2v) is 12.1. The van der Waals surface area contributed by atoms with Gasteiger partial charge in [-0.3, -0.25) is 0 Å². The van der Waals surface area contributed by atoms with Crippen LogP contribution in [0.25, 0.3) is 0 Å². The summed E-state index contributed by atoms with van der Waals surface area (Å²) in [5, 5.41) is -0.790. The molecule has 0 aromatic heterocycles. The summed E-state index contributed by atoms with van der Waals surface area (Å²) < 4.78 is 50.7. The first-order valence-electron chi connectivity index (χ1n) is 12.1. The Kier molecular flexibility index (Phi) is 7.15. The van der Waals surface area contributed by atoms with Crippen molar-refractivity contribution in [1.29, 1.82) is 0 Å². The third kappa shape index (κ3) is 5.52. The molecule has 0 bridgehead atoms. The van der Waals surface area contributed by atoms with Gasteiger partial charge in [0.2, 0.25) is 5.90 Å². The van der Waals surface area contributed by atoms with Gasteiger partial charge in [-0.05, 0) is 87.8 Å². The molecule has 34 heavy (non-hydrogen) atoms. The predicted octanol–water partition coefficient (Wildman–Crippen LogP) is 5.28. The van der Waals surface area contributed by atoms with E-state index in [1.54, 1.807) is 32.0 Å². The van der Waals surface area contributed by atoms with Gasteiger partial charge in [-0.1, -0.05) is 49.4 Å². The van der Waals surface area contributed by atoms with Gasteiger partial charge in [0.1, 0.15) is 16.7 Å². The Bertz CT molecular complexity index is 1140. The van der Waals surface area contributed by atoms with E-state index in [4.69, 9.17) is 4.74 Å². The molecule has 0 radical (unpaired) electrons. The van der Waals surface area contributed by atoms with Gasteiger partial charge >= 0.3 is 0 Å². The minimum atomic E-state index is -3.79. The van der Waals surface area contributed by atoms with Crippen LogP contribution in [0.2, 0.25) is 0 Å². The number of nitrogens with zero attached hydrogens (tertiary/aromatic N) is 2. The summed E-state index contributed by atoms with van der Waals surface area (Å²) in [7, 11) is -1.63. The van der Waals surface area contributed by atoms with E-state index in [-0.39, 0.29) is 24.1 Å². The summed E-state index contributed by atoms with van der Waals surface area (Å²) in [6.07, 6.45) is 2.86. The van der Waals surface area contributed by atoms with Crippen LogP contribution < -0.4 is 0 Å². The molecule has 4 rings (SSSR count). The standard InChI is InChI=1S/C27H35FN2O3S/c1-19(23-7-5-6-8-24(23)28)17-26-29-34(31,32)25(27(2,3)33-26)18-20-9-11-21(12-10-20)22-13-15-30(4)16-14-22/h5-12,19,22,25H,13-18H2,1-4H3/t19-,25+/m1/s1. The lowest BCUT2D eigenvalue weighted by atomic mass is 9.88. The van der Waals surface area contributed by atoms with Crippen LogP contribution in [0.3, 0.4) is 0 Å². The summed E-state index contributed by atoms with van der Waals surface area (Å²) in [5.41, 5.74) is 1.86. The Balaban J connectivity index is 1.48. The van der Waals surface area contributed by atoms with Crippen molar-refractivity contribution in [2.75, 3.05) is 20.1 Å². The lowest BCUT2D eigenvalue weighted by Crippen LogP contribution is -2.50. The van der Waals surface area contributed by atoms with Crippen molar-refractivity contribution in [3.05, 3.63) is 71.0 Å². The van der Waals surface area contributed by atoms with Crippen molar-refractivity contribution in [1.82, 2.24) is 4.90 Å². The van der Waals surface area contributed by atoms with E-state index in [0.717, 1.165) is 31.5 Å². The number of piperidine rings is 1. The number of likely N-dealkylation sites (tertiary alicyclic amines) is 1. The fourth-order valence-corrected chi connectivity index (χ4v) is 6.80. The molecule has 0 amide bonds. The van der Waals surface area contributed by atoms with Gasteiger partial charge in [0.15, 0.2) is 0 Å². The predicted molar refractivity (Wildman–Crippen MR) is 134 cm³/mol. The smallest absolute Gasteiger partial charge is 0.263 e. The summed E-state index contributed by atoms with van der Waals surface area (Å²) in [6, 6.07) is 14.9. The number of hydrogen-bond donors (Lipinski definition) is 0. The monoisotopic (exact) mass is 486 g/mol. The van der Waals surface area contributed by atoms with Crippen LogP contribution in [0, 0.1) is 5.82 Å². The maximum absolute atomic E-state index is 14.2. The van der Waals surface area contributed by atoms with E-state index >= 15 is 0 Å². The molecule has 2 aliphatic heterocycles. The van der Waals surface area contributed by atoms with E-state index in [0.29, 0.717) is 17.9 Å². The van der Waals surface area contributed by atoms with Crippen LogP contribution in [0.5, 0.6) is 0 Å². The number of rotatable bonds is 6. The lowest BCUT2D eigenvalue weighted by molar-refractivity contribution is 0.0803. The maximum atomic E-state index is 14.2. The molecular weight excluding hydrogens is 451 g/mol. The van der Waals surface area contributed by atoms with Crippen LogP contribution in [0.4, 0.5) is 4.39 Å². The molecule has 2 aromatic carbocycles. The summed E-state index contributed by atoms with van der Waals surface area (Å²) in [4.78, 5) is 2.35. The van der Waals surface area contributed by atoms with Crippen LogP contribution in [0.15, 0.2) is 52.9 Å². The highest BCUT2D eigenvalue weighted by Crippen LogP contribution is 2.34. The van der Waals surface area contributed by atoms with Gasteiger partial charge in [0, 0.05) is 6.42 Å². The van der Waals surface area contributed by atoms with Crippen molar-refractivity contribution in [3.63, 3.8) is 0 Å². The number of hydrogen-bond acceptors (Lipinski definition) is 4. The second-order valence-electron chi connectivity index (χ2n) is 10.3. The number of benzene rings is 2. The first-order valence-corrected chi connectivity index (χ1v) is 13.6. The molecule has 1 fully saturated rings. The first-order chi connectivity index (χ1) is 16.0. The Morgan fingerprint density at radius 3 is 2.38 bits per heavy atom. The third-order valence-corrected chi connectivity index (χ3v) is 9.16. The normalized spacial score (nSPS) is 23.7. The molecule has 1 saturated heterocycles. The Morgan fingerprint density at radius 1 is 1.12 bits per heavy atom. The average molecular weight is 487 g/mol. The molecule has 2 atom stereocenters. The van der Waals surface area contributed by atoms with Gasteiger partial charge in [-0.2, -0.15) is 0 Å². The van der Waals surface area contributed by atoms with Crippen molar-refractivity contribution < 1.29 is 17.5 Å². The molecule has 0 N–H and O–H groups in total. The Labute approximate surface area is 203 Å². The van der Waals surface area contributed by atoms with Crippen molar-refractivity contribution in [3.8, 4) is 0 Å². The molecule has 0 spiro atoms. The highest BCUT2D eigenvalue weighted by molar-refractivity contribution is 7.91. The average Bonchev–Trinajstić information content (AvgIpc) is 2.77. The molecule has 7 heteroatoms. The minimum Gasteiger partial charge on any atom is -0.473 e. The molecule has 184 valence electrons. The fraction of sp³-hybridized carbons (Fsp3) is 0.519. The van der Waals surface area contributed by atoms with E-state index in [1.807, 2.05) is 19.1 Å². The molecule has 0 saturated carbocycles. The van der Waals surface area contributed by atoms with Gasteiger partial charge in [-0.15, -0.1) is 4.40 Å². The zero-order valence-corrected chi connectivity index (χ0v) is 21.3. The minimum absolute atomic E-state index is 0.148. The molecule has 2 aliphatic rings. The number of ether oxygens (including phenoxy) is 1. The van der Waals surface area contributed by atoms with E-state index < -0.39 is 20.9 Å². The Morgan fingerprint density at radius 2 is 1.76 bits per heavy atom. The van der Waals surface area contributed by atoms with E-state index in [2.05, 4.69) is 28.5 Å². The summed E-state index contributed by atoms with van der Waals surface area (Å²) in [5.74, 6) is 0.145. The zero-order valence-electron chi connectivity index (χ0n) is 20.5. The van der Waals surface area contributed by atoms with Crippen molar-refractivity contribution in [2.45, 2.75) is 69.1 Å². The van der Waals surface area contributed by atoms with Gasteiger partial charge in [0.25, 0.3) is 10.0 Å². The highest BCUT2D eigenvalue weighted by atomic mass is 32.2. The van der Waals surface area contributed by atoms with Crippen LogP contribution >= 0.6 is 0 Å². The second kappa shape index (κ2) is 9.78. The Hall–Kier alpha value is -2.25. The zero-order chi connectivity index (χ0) is 24.5. The lowest BCUT2D eigenvalue weighted by Gasteiger charge is -2.37. The quantitative estimate of drug-likeness (QED) is 0.558. The molecule has 5 nitrogen and oxygen atoms in total. The van der Waals surface area contributed by atoms with E-state index in [1.165, 1.54) is 11.6 Å². The molecule has 2 heterocycles. The third-order valence-electron chi connectivity index (χ3n) is 7.25. The van der Waals surface area contributed by atoms with Gasteiger partial charge in [-0.25, -0.2) is 12.8 Å². The molecule has 2 aromatic rings. The largest absolute Gasteiger partial charge is 0.473 e. The molecular formula is C27H35FN2O3S. The first kappa shape index (κ1) is 24.9. The van der Waals surface area contributed by atoms with Crippen LogP contribution in [-0.2, 0) is 21.2 Å². The van der Waals surface area contributed by atoms with Crippen molar-refractivity contribution in [2.24, 2.45) is 4.40 Å². The van der Waals surface area contributed by atoms with E-state index in [9.17, 15) is 12.8 Å². The number of sulfonamides is 1. The highest BCUT2D eigenvalue weighted by Gasteiger charge is 2.46. The number of halogens is 1.